The van der Waals surface area contributed by atoms with Gasteiger partial charge in [0.25, 0.3) is 0 Å². The standard InChI is InChI=1S/C9H8BrFO/c1-6(12)9(11)7-3-2-4-8(10)5-7/h2-5,9H,1H3. The summed E-state index contributed by atoms with van der Waals surface area (Å²) >= 11 is 3.20. The Morgan fingerprint density at radius 2 is 2.25 bits per heavy atom. The summed E-state index contributed by atoms with van der Waals surface area (Å²) in [5.74, 6) is -0.465. The van der Waals surface area contributed by atoms with Crippen LogP contribution in [0.2, 0.25) is 0 Å². The molecule has 0 aliphatic rings. The van der Waals surface area contributed by atoms with Gasteiger partial charge in [-0.2, -0.15) is 0 Å². The molecule has 0 saturated heterocycles. The molecule has 0 spiro atoms. The first kappa shape index (κ1) is 9.39. The lowest BCUT2D eigenvalue weighted by Crippen LogP contribution is -2.02. The van der Waals surface area contributed by atoms with Crippen LogP contribution in [-0.2, 0) is 4.79 Å². The first-order valence-corrected chi connectivity index (χ1v) is 4.30. The van der Waals surface area contributed by atoms with Crippen LogP contribution in [0.25, 0.3) is 0 Å². The molecule has 12 heavy (non-hydrogen) atoms. The second kappa shape index (κ2) is 3.81. The fourth-order valence-corrected chi connectivity index (χ4v) is 1.32. The molecule has 0 bridgehead atoms. The summed E-state index contributed by atoms with van der Waals surface area (Å²) in [7, 11) is 0. The Labute approximate surface area is 78.7 Å². The molecule has 3 heteroatoms. The maximum Gasteiger partial charge on any atom is 0.183 e. The Bertz CT molecular complexity index is 298. The van der Waals surface area contributed by atoms with Crippen molar-refractivity contribution in [2.45, 2.75) is 13.1 Å². The number of ketones is 1. The maximum absolute atomic E-state index is 13.1. The van der Waals surface area contributed by atoms with Gasteiger partial charge in [-0.3, -0.25) is 4.79 Å². The van der Waals surface area contributed by atoms with Crippen molar-refractivity contribution in [2.24, 2.45) is 0 Å². The van der Waals surface area contributed by atoms with Crippen molar-refractivity contribution >= 4 is 21.7 Å². The van der Waals surface area contributed by atoms with Gasteiger partial charge >= 0.3 is 0 Å². The van der Waals surface area contributed by atoms with E-state index in [1.54, 1.807) is 24.3 Å². The molecule has 1 aromatic carbocycles. The van der Waals surface area contributed by atoms with Crippen LogP contribution in [0.4, 0.5) is 4.39 Å². The Hall–Kier alpha value is -0.700. The molecule has 0 heterocycles. The minimum absolute atomic E-state index is 0.400. The summed E-state index contributed by atoms with van der Waals surface area (Å²) < 4.78 is 13.8. The lowest BCUT2D eigenvalue weighted by atomic mass is 10.1. The summed E-state index contributed by atoms with van der Waals surface area (Å²) in [6, 6.07) is 6.69. The average Bonchev–Trinajstić information content (AvgIpc) is 2.03. The van der Waals surface area contributed by atoms with E-state index >= 15 is 0 Å². The molecular weight excluding hydrogens is 223 g/mol. The van der Waals surface area contributed by atoms with E-state index in [1.165, 1.54) is 6.92 Å². The van der Waals surface area contributed by atoms with Gasteiger partial charge in [0, 0.05) is 4.47 Å². The molecule has 1 unspecified atom stereocenters. The highest BCUT2D eigenvalue weighted by molar-refractivity contribution is 9.10. The number of hydrogen-bond acceptors (Lipinski definition) is 1. The van der Waals surface area contributed by atoms with Crippen molar-refractivity contribution in [3.8, 4) is 0 Å². The summed E-state index contributed by atoms with van der Waals surface area (Å²) in [6.45, 7) is 1.24. The Morgan fingerprint density at radius 3 is 2.75 bits per heavy atom. The lowest BCUT2D eigenvalue weighted by molar-refractivity contribution is -0.121. The molecule has 1 aromatic rings. The van der Waals surface area contributed by atoms with Crippen molar-refractivity contribution in [1.82, 2.24) is 0 Å². The van der Waals surface area contributed by atoms with Crippen LogP contribution in [-0.4, -0.2) is 5.78 Å². The fraction of sp³-hybridized carbons (Fsp3) is 0.222. The molecule has 1 nitrogen and oxygen atoms in total. The van der Waals surface area contributed by atoms with Crippen molar-refractivity contribution < 1.29 is 9.18 Å². The highest BCUT2D eigenvalue weighted by Gasteiger charge is 2.14. The Kier molecular flexibility index (Phi) is 2.98. The van der Waals surface area contributed by atoms with Gasteiger partial charge in [0.05, 0.1) is 0 Å². The molecule has 0 saturated carbocycles. The summed E-state index contributed by atoms with van der Waals surface area (Å²) in [6.07, 6.45) is -1.50. The maximum atomic E-state index is 13.1. The predicted molar refractivity (Wildman–Crippen MR) is 48.7 cm³/mol. The highest BCUT2D eigenvalue weighted by atomic mass is 79.9. The van der Waals surface area contributed by atoms with E-state index in [0.717, 1.165) is 4.47 Å². The lowest BCUT2D eigenvalue weighted by Gasteiger charge is -2.03. The van der Waals surface area contributed by atoms with Gasteiger partial charge in [0.15, 0.2) is 12.0 Å². The number of carbonyl (C=O) groups excluding carboxylic acids is 1. The van der Waals surface area contributed by atoms with Gasteiger partial charge in [0.1, 0.15) is 0 Å². The smallest absolute Gasteiger partial charge is 0.183 e. The monoisotopic (exact) mass is 230 g/mol. The normalized spacial score (nSPS) is 12.6. The van der Waals surface area contributed by atoms with Crippen LogP contribution < -0.4 is 0 Å². The number of hydrogen-bond donors (Lipinski definition) is 0. The van der Waals surface area contributed by atoms with E-state index in [2.05, 4.69) is 15.9 Å². The number of Topliss-reactive ketones (excluding diaryl/α,β-unsaturated/α-hetero) is 1. The Morgan fingerprint density at radius 1 is 1.58 bits per heavy atom. The summed E-state index contributed by atoms with van der Waals surface area (Å²) in [5, 5.41) is 0. The van der Waals surface area contributed by atoms with Gasteiger partial charge in [-0.25, -0.2) is 4.39 Å². The van der Waals surface area contributed by atoms with E-state index in [9.17, 15) is 9.18 Å². The van der Waals surface area contributed by atoms with Crippen molar-refractivity contribution in [3.05, 3.63) is 34.3 Å². The van der Waals surface area contributed by atoms with E-state index < -0.39 is 12.0 Å². The zero-order chi connectivity index (χ0) is 9.14. The van der Waals surface area contributed by atoms with Gasteiger partial charge in [0.2, 0.25) is 0 Å². The van der Waals surface area contributed by atoms with Gasteiger partial charge in [-0.1, -0.05) is 28.1 Å². The van der Waals surface area contributed by atoms with Crippen LogP contribution >= 0.6 is 15.9 Å². The number of alkyl halides is 1. The van der Waals surface area contributed by atoms with E-state index in [1.807, 2.05) is 0 Å². The van der Waals surface area contributed by atoms with E-state index in [4.69, 9.17) is 0 Å². The van der Waals surface area contributed by atoms with Crippen LogP contribution in [0.15, 0.2) is 28.7 Å². The van der Waals surface area contributed by atoms with Crippen molar-refractivity contribution in [1.29, 1.82) is 0 Å². The average molecular weight is 231 g/mol. The van der Waals surface area contributed by atoms with Crippen LogP contribution in [0.1, 0.15) is 18.7 Å². The first-order valence-electron chi connectivity index (χ1n) is 3.51. The number of rotatable bonds is 2. The molecule has 0 amide bonds. The second-order valence-electron chi connectivity index (χ2n) is 2.53. The fourth-order valence-electron chi connectivity index (χ4n) is 0.899. The summed E-state index contributed by atoms with van der Waals surface area (Å²) in [5.41, 5.74) is 0.400. The molecule has 0 N–H and O–H groups in total. The molecule has 0 fully saturated rings. The molecule has 0 aromatic heterocycles. The second-order valence-corrected chi connectivity index (χ2v) is 3.44. The number of benzene rings is 1. The Balaban J connectivity index is 2.95. The van der Waals surface area contributed by atoms with Crippen LogP contribution in [0.5, 0.6) is 0 Å². The molecule has 0 aliphatic carbocycles. The van der Waals surface area contributed by atoms with Crippen molar-refractivity contribution in [2.75, 3.05) is 0 Å². The summed E-state index contributed by atoms with van der Waals surface area (Å²) in [4.78, 5) is 10.7. The molecule has 0 radical (unpaired) electrons. The third kappa shape index (κ3) is 2.14. The third-order valence-electron chi connectivity index (χ3n) is 1.50. The minimum Gasteiger partial charge on any atom is -0.296 e. The molecule has 64 valence electrons. The quantitative estimate of drug-likeness (QED) is 0.764. The van der Waals surface area contributed by atoms with E-state index in [-0.39, 0.29) is 0 Å². The highest BCUT2D eigenvalue weighted by Crippen LogP contribution is 2.21. The SMILES string of the molecule is CC(=O)C(F)c1cccc(Br)c1. The first-order chi connectivity index (χ1) is 5.61. The number of halogens is 2. The number of carbonyl (C=O) groups is 1. The van der Waals surface area contributed by atoms with Gasteiger partial charge in [-0.15, -0.1) is 0 Å². The van der Waals surface area contributed by atoms with Crippen LogP contribution in [0, 0.1) is 0 Å². The topological polar surface area (TPSA) is 17.1 Å². The van der Waals surface area contributed by atoms with Crippen molar-refractivity contribution in [3.63, 3.8) is 0 Å². The molecule has 0 aliphatic heterocycles. The van der Waals surface area contributed by atoms with Gasteiger partial charge < -0.3 is 0 Å². The zero-order valence-electron chi connectivity index (χ0n) is 6.55. The molecular formula is C9H8BrFO. The largest absolute Gasteiger partial charge is 0.296 e. The van der Waals surface area contributed by atoms with Gasteiger partial charge in [-0.05, 0) is 24.6 Å². The van der Waals surface area contributed by atoms with Crippen LogP contribution in [0.3, 0.4) is 0 Å². The third-order valence-corrected chi connectivity index (χ3v) is 1.99. The van der Waals surface area contributed by atoms with E-state index in [0.29, 0.717) is 5.56 Å². The molecule has 1 rings (SSSR count). The minimum atomic E-state index is -1.50. The molecule has 1 atom stereocenters. The zero-order valence-corrected chi connectivity index (χ0v) is 8.14. The predicted octanol–water partition coefficient (Wildman–Crippen LogP) is 3.05.